The summed E-state index contributed by atoms with van der Waals surface area (Å²) in [6.45, 7) is 2.97. The summed E-state index contributed by atoms with van der Waals surface area (Å²) in [5.74, 6) is -0.0137. The van der Waals surface area contributed by atoms with Crippen LogP contribution in [0.15, 0.2) is 42.3 Å². The van der Waals surface area contributed by atoms with E-state index in [1.807, 2.05) is 59.4 Å². The lowest BCUT2D eigenvalue weighted by Gasteiger charge is -2.18. The highest BCUT2D eigenvalue weighted by atomic mass is 32.1. The number of hydrogen-bond donors (Lipinski definition) is 1. The van der Waals surface area contributed by atoms with Gasteiger partial charge in [0.15, 0.2) is 4.96 Å². The van der Waals surface area contributed by atoms with Gasteiger partial charge in [0.25, 0.3) is 0 Å². The van der Waals surface area contributed by atoms with Crippen molar-refractivity contribution in [3.05, 3.63) is 53.6 Å². The van der Waals surface area contributed by atoms with Crippen molar-refractivity contribution in [2.75, 3.05) is 13.6 Å². The molecular formula is C16H19N5OS. The van der Waals surface area contributed by atoms with Gasteiger partial charge >= 0.3 is 0 Å². The predicted octanol–water partition coefficient (Wildman–Crippen LogP) is 2.10. The van der Waals surface area contributed by atoms with E-state index in [4.69, 9.17) is 0 Å². The maximum atomic E-state index is 12.2. The highest BCUT2D eigenvalue weighted by Gasteiger charge is 2.15. The monoisotopic (exact) mass is 329 g/mol. The Morgan fingerprint density at radius 2 is 2.39 bits per heavy atom. The predicted molar refractivity (Wildman–Crippen MR) is 90.2 cm³/mol. The van der Waals surface area contributed by atoms with Crippen LogP contribution >= 0.6 is 11.3 Å². The normalized spacial score (nSPS) is 12.7. The molecule has 0 saturated carbocycles. The first-order valence-electron chi connectivity index (χ1n) is 7.41. The number of pyridine rings is 1. The van der Waals surface area contributed by atoms with E-state index in [0.717, 1.165) is 16.2 Å². The van der Waals surface area contributed by atoms with E-state index < -0.39 is 0 Å². The molecular weight excluding hydrogens is 310 g/mol. The molecule has 0 aliphatic heterocycles. The Kier molecular flexibility index (Phi) is 4.68. The molecule has 0 unspecified atom stereocenters. The maximum absolute atomic E-state index is 12.2. The molecule has 3 aromatic rings. The van der Waals surface area contributed by atoms with Gasteiger partial charge < -0.3 is 5.32 Å². The molecule has 0 fully saturated rings. The van der Waals surface area contributed by atoms with Gasteiger partial charge in [-0.1, -0.05) is 6.07 Å². The number of hydrogen-bond acceptors (Lipinski definition) is 5. The number of carbonyl (C=O) groups excluding carboxylic acids is 1. The van der Waals surface area contributed by atoms with Crippen LogP contribution in [0, 0.1) is 0 Å². The zero-order valence-electron chi connectivity index (χ0n) is 13.1. The van der Waals surface area contributed by atoms with Gasteiger partial charge in [-0.3, -0.25) is 19.1 Å². The van der Waals surface area contributed by atoms with Crippen LogP contribution in [0.4, 0.5) is 0 Å². The molecule has 1 atom stereocenters. The minimum absolute atomic E-state index is 0.0137. The summed E-state index contributed by atoms with van der Waals surface area (Å²) in [4.78, 5) is 23.7. The lowest BCUT2D eigenvalue weighted by Crippen LogP contribution is -2.36. The van der Waals surface area contributed by atoms with Crippen molar-refractivity contribution in [1.29, 1.82) is 0 Å². The zero-order valence-corrected chi connectivity index (χ0v) is 14.0. The third-order valence-electron chi connectivity index (χ3n) is 3.52. The van der Waals surface area contributed by atoms with Crippen molar-refractivity contribution >= 4 is 22.2 Å². The topological polar surface area (TPSA) is 62.5 Å². The average Bonchev–Trinajstić information content (AvgIpc) is 3.09. The molecule has 23 heavy (non-hydrogen) atoms. The Balaban J connectivity index is 1.53. The number of rotatable bonds is 6. The number of fused-ring (bicyclic) bond motifs is 1. The number of imidazole rings is 1. The first kappa shape index (κ1) is 15.6. The summed E-state index contributed by atoms with van der Waals surface area (Å²) in [5, 5.41) is 4.99. The van der Waals surface area contributed by atoms with Crippen molar-refractivity contribution in [3.8, 4) is 0 Å². The Morgan fingerprint density at radius 1 is 1.52 bits per heavy atom. The maximum Gasteiger partial charge on any atom is 0.234 e. The molecule has 3 rings (SSSR count). The van der Waals surface area contributed by atoms with Crippen LogP contribution in [0.1, 0.15) is 24.2 Å². The Hall–Kier alpha value is -2.25. The third kappa shape index (κ3) is 3.94. The molecule has 120 valence electrons. The summed E-state index contributed by atoms with van der Waals surface area (Å²) >= 11 is 1.58. The summed E-state index contributed by atoms with van der Waals surface area (Å²) in [7, 11) is 1.92. The van der Waals surface area contributed by atoms with E-state index in [1.54, 1.807) is 17.5 Å². The zero-order chi connectivity index (χ0) is 16.2. The van der Waals surface area contributed by atoms with E-state index in [-0.39, 0.29) is 11.9 Å². The summed E-state index contributed by atoms with van der Waals surface area (Å²) < 4.78 is 1.97. The highest BCUT2D eigenvalue weighted by molar-refractivity contribution is 7.15. The smallest absolute Gasteiger partial charge is 0.234 e. The van der Waals surface area contributed by atoms with Crippen LogP contribution in [0.5, 0.6) is 0 Å². The van der Waals surface area contributed by atoms with Gasteiger partial charge in [0.05, 0.1) is 18.3 Å². The number of aromatic nitrogens is 3. The Morgan fingerprint density at radius 3 is 3.13 bits per heavy atom. The standard InChI is InChI=1S/C16H19N5OS/c1-12(14-10-21-6-7-23-16(21)19-14)18-15(22)11-20(2)9-13-4-3-5-17-8-13/h3-8,10,12H,9,11H2,1-2H3,(H,18,22)/t12-/m1/s1. The van der Waals surface area contributed by atoms with Gasteiger partial charge in [0.2, 0.25) is 5.91 Å². The van der Waals surface area contributed by atoms with Crippen molar-refractivity contribution in [3.63, 3.8) is 0 Å². The summed E-state index contributed by atoms with van der Waals surface area (Å²) in [6, 6.07) is 3.79. The van der Waals surface area contributed by atoms with Crippen molar-refractivity contribution in [1.82, 2.24) is 24.6 Å². The van der Waals surface area contributed by atoms with Gasteiger partial charge in [0.1, 0.15) is 0 Å². The number of thiazole rings is 1. The number of carbonyl (C=O) groups is 1. The van der Waals surface area contributed by atoms with Crippen LogP contribution in [0.25, 0.3) is 4.96 Å². The second-order valence-corrected chi connectivity index (χ2v) is 6.45. The molecule has 1 amide bonds. The molecule has 0 spiro atoms. The second kappa shape index (κ2) is 6.89. The number of nitrogens with one attached hydrogen (secondary N) is 1. The van der Waals surface area contributed by atoms with E-state index in [2.05, 4.69) is 15.3 Å². The first-order chi connectivity index (χ1) is 11.1. The van der Waals surface area contributed by atoms with Crippen LogP contribution in [-0.4, -0.2) is 38.8 Å². The summed E-state index contributed by atoms with van der Waals surface area (Å²) in [5.41, 5.74) is 1.96. The fourth-order valence-corrected chi connectivity index (χ4v) is 3.13. The van der Waals surface area contributed by atoms with E-state index in [0.29, 0.717) is 13.1 Å². The molecule has 3 aromatic heterocycles. The van der Waals surface area contributed by atoms with E-state index in [1.165, 1.54) is 0 Å². The van der Waals surface area contributed by atoms with Crippen LogP contribution in [-0.2, 0) is 11.3 Å². The van der Waals surface area contributed by atoms with Crippen molar-refractivity contribution in [2.24, 2.45) is 0 Å². The number of nitrogens with zero attached hydrogens (tertiary/aromatic N) is 4. The largest absolute Gasteiger partial charge is 0.347 e. The molecule has 6 nitrogen and oxygen atoms in total. The highest BCUT2D eigenvalue weighted by Crippen LogP contribution is 2.16. The fourth-order valence-electron chi connectivity index (χ4n) is 2.42. The Bertz CT molecular complexity index is 753. The van der Waals surface area contributed by atoms with Gasteiger partial charge in [-0.05, 0) is 25.6 Å². The molecule has 0 radical (unpaired) electrons. The SMILES string of the molecule is C[C@@H](NC(=O)CN(C)Cc1cccnc1)c1cn2ccsc2n1. The van der Waals surface area contributed by atoms with Gasteiger partial charge in [-0.25, -0.2) is 4.98 Å². The van der Waals surface area contributed by atoms with Crippen LogP contribution < -0.4 is 5.32 Å². The van der Waals surface area contributed by atoms with Crippen LogP contribution in [0.2, 0.25) is 0 Å². The molecule has 1 N–H and O–H groups in total. The molecule has 3 heterocycles. The molecule has 0 bridgehead atoms. The summed E-state index contributed by atoms with van der Waals surface area (Å²) in [6.07, 6.45) is 7.48. The minimum atomic E-state index is -0.110. The minimum Gasteiger partial charge on any atom is -0.347 e. The van der Waals surface area contributed by atoms with Gasteiger partial charge in [-0.15, -0.1) is 11.3 Å². The van der Waals surface area contributed by atoms with Gasteiger partial charge in [-0.2, -0.15) is 0 Å². The molecule has 0 saturated heterocycles. The third-order valence-corrected chi connectivity index (χ3v) is 4.29. The number of amides is 1. The average molecular weight is 329 g/mol. The number of likely N-dealkylation sites (N-methyl/N-ethyl adjacent to an activating group) is 1. The van der Waals surface area contributed by atoms with Crippen molar-refractivity contribution in [2.45, 2.75) is 19.5 Å². The lowest BCUT2D eigenvalue weighted by molar-refractivity contribution is -0.122. The fraction of sp³-hybridized carbons (Fsp3) is 0.312. The molecule has 0 aliphatic rings. The lowest BCUT2D eigenvalue weighted by atomic mass is 10.2. The van der Waals surface area contributed by atoms with E-state index in [9.17, 15) is 4.79 Å². The molecule has 0 aromatic carbocycles. The van der Waals surface area contributed by atoms with Gasteiger partial charge in [0, 0.05) is 36.7 Å². The quantitative estimate of drug-likeness (QED) is 0.752. The molecule has 0 aliphatic carbocycles. The van der Waals surface area contributed by atoms with Crippen LogP contribution in [0.3, 0.4) is 0 Å². The Labute approximate surface area is 138 Å². The molecule has 7 heteroatoms. The van der Waals surface area contributed by atoms with Crippen molar-refractivity contribution < 1.29 is 4.79 Å². The van der Waals surface area contributed by atoms with E-state index >= 15 is 0 Å². The first-order valence-corrected chi connectivity index (χ1v) is 8.28. The second-order valence-electron chi connectivity index (χ2n) is 5.58.